The molecule has 0 fully saturated rings. The van der Waals surface area contributed by atoms with E-state index in [1.807, 2.05) is 24.4 Å². The largest absolute Gasteiger partial charge is 2.00 e. The van der Waals surface area contributed by atoms with Crippen LogP contribution in [0, 0.1) is 18.1 Å². The van der Waals surface area contributed by atoms with Crippen LogP contribution in [0.1, 0.15) is 71.4 Å². The van der Waals surface area contributed by atoms with Crippen molar-refractivity contribution in [3.8, 4) is 28.4 Å². The number of aromatic nitrogens is 2. The number of nitrogens with zero attached hydrogens (tertiary/aromatic N) is 3. The van der Waals surface area contributed by atoms with Crippen LogP contribution < -0.4 is 4.74 Å². The Morgan fingerprint density at radius 3 is 2.35 bits per heavy atom. The third kappa shape index (κ3) is 7.24. The Bertz CT molecular complexity index is 2090. The molecular weight excluding hydrogens is 786 g/mol. The van der Waals surface area contributed by atoms with Crippen LogP contribution in [0.15, 0.2) is 102 Å². The van der Waals surface area contributed by atoms with Crippen LogP contribution in [0.4, 0.5) is 0 Å². The van der Waals surface area contributed by atoms with Gasteiger partial charge in [-0.25, -0.2) is 4.98 Å². The predicted octanol–water partition coefficient (Wildman–Crippen LogP) is 10.9. The molecule has 0 N–H and O–H groups in total. The molecule has 0 bridgehead atoms. The van der Waals surface area contributed by atoms with Crippen molar-refractivity contribution in [1.82, 2.24) is 9.55 Å². The molecule has 1 aliphatic heterocycles. The standard InChI is InChI=1S/C43H43N3O2.Pt/c1-6-13-30(14-7-2)38-28-47-42(45-38)32-23-31(29-15-9-8-10-16-29)24-35(25-32)48-34-19-20-37-36-17-11-12-18-39(36)46(40(37)27-34)41-26-33(21-22-44-41)43(3,4)5;/h8-12,15-24,26,30,38H,6-7,13-14,28H2,1-5H3;/q-2;+2/t38-;/m0./s1. The van der Waals surface area contributed by atoms with E-state index in [1.165, 1.54) is 5.56 Å². The predicted molar refractivity (Wildman–Crippen MR) is 196 cm³/mol. The first-order valence-electron chi connectivity index (χ1n) is 17.3. The summed E-state index contributed by atoms with van der Waals surface area (Å²) < 4.78 is 15.1. The molecule has 4 aromatic carbocycles. The zero-order chi connectivity index (χ0) is 33.3. The zero-order valence-corrected chi connectivity index (χ0v) is 31.2. The summed E-state index contributed by atoms with van der Waals surface area (Å²) in [6.45, 7) is 11.8. The summed E-state index contributed by atoms with van der Waals surface area (Å²) in [6, 6.07) is 38.6. The van der Waals surface area contributed by atoms with E-state index in [1.54, 1.807) is 0 Å². The molecule has 0 aliphatic carbocycles. The maximum Gasteiger partial charge on any atom is 2.00 e. The summed E-state index contributed by atoms with van der Waals surface area (Å²) in [5, 5.41) is 2.24. The molecule has 0 amide bonds. The molecule has 1 aliphatic rings. The van der Waals surface area contributed by atoms with Gasteiger partial charge in [0.25, 0.3) is 0 Å². The normalized spacial score (nSPS) is 14.6. The van der Waals surface area contributed by atoms with Crippen molar-refractivity contribution >= 4 is 27.7 Å². The van der Waals surface area contributed by atoms with E-state index in [0.29, 0.717) is 29.9 Å². The average molecular weight is 829 g/mol. The summed E-state index contributed by atoms with van der Waals surface area (Å²) in [6.07, 6.45) is 6.51. The third-order valence-electron chi connectivity index (χ3n) is 9.34. The van der Waals surface area contributed by atoms with E-state index in [9.17, 15) is 0 Å². The molecule has 1 atom stereocenters. The van der Waals surface area contributed by atoms with Crippen LogP contribution in [0.3, 0.4) is 0 Å². The van der Waals surface area contributed by atoms with Crippen LogP contribution in [0.2, 0.25) is 0 Å². The summed E-state index contributed by atoms with van der Waals surface area (Å²) in [5.41, 5.74) is 6.12. The number of benzene rings is 4. The minimum atomic E-state index is -0.00793. The first kappa shape index (κ1) is 34.6. The van der Waals surface area contributed by atoms with Crippen molar-refractivity contribution < 1.29 is 30.5 Å². The Hall–Kier alpha value is -4.21. The molecule has 3 heterocycles. The molecule has 0 spiro atoms. The van der Waals surface area contributed by atoms with Gasteiger partial charge < -0.3 is 14.0 Å². The Balaban J connectivity index is 0.00000417. The van der Waals surface area contributed by atoms with Gasteiger partial charge in [0.15, 0.2) is 0 Å². The zero-order valence-electron chi connectivity index (χ0n) is 28.9. The molecule has 2 aromatic heterocycles. The van der Waals surface area contributed by atoms with Crippen molar-refractivity contribution in [3.63, 3.8) is 0 Å². The monoisotopic (exact) mass is 828 g/mol. The van der Waals surface area contributed by atoms with E-state index in [-0.39, 0.29) is 32.5 Å². The molecule has 6 aromatic rings. The number of aliphatic imine (C=N–C) groups is 1. The van der Waals surface area contributed by atoms with Crippen LogP contribution in [-0.4, -0.2) is 28.1 Å². The van der Waals surface area contributed by atoms with E-state index in [4.69, 9.17) is 19.5 Å². The van der Waals surface area contributed by atoms with Crippen LogP contribution in [0.5, 0.6) is 11.5 Å². The van der Waals surface area contributed by atoms with Gasteiger partial charge in [-0.2, -0.15) is 6.07 Å². The third-order valence-corrected chi connectivity index (χ3v) is 9.34. The van der Waals surface area contributed by atoms with E-state index in [2.05, 4.69) is 124 Å². The van der Waals surface area contributed by atoms with E-state index < -0.39 is 0 Å². The van der Waals surface area contributed by atoms with Crippen molar-refractivity contribution in [2.24, 2.45) is 10.9 Å². The Kier molecular flexibility index (Phi) is 10.4. The molecular formula is C43H43N3O2Pt. The van der Waals surface area contributed by atoms with Gasteiger partial charge in [0, 0.05) is 23.2 Å². The fourth-order valence-electron chi connectivity index (χ4n) is 6.86. The van der Waals surface area contributed by atoms with Gasteiger partial charge >= 0.3 is 21.1 Å². The number of para-hydroxylation sites is 1. The van der Waals surface area contributed by atoms with Crippen LogP contribution in [0.25, 0.3) is 38.8 Å². The van der Waals surface area contributed by atoms with Crippen molar-refractivity contribution in [2.75, 3.05) is 6.61 Å². The molecule has 6 heteroatoms. The van der Waals surface area contributed by atoms with Crippen LogP contribution in [-0.2, 0) is 31.2 Å². The second-order valence-corrected chi connectivity index (χ2v) is 13.9. The number of ether oxygens (including phenoxy) is 2. The topological polar surface area (TPSA) is 48.6 Å². The van der Waals surface area contributed by atoms with Crippen LogP contribution >= 0.6 is 0 Å². The fraction of sp³-hybridized carbons (Fsp3) is 0.302. The first-order chi connectivity index (χ1) is 23.3. The molecule has 0 saturated heterocycles. The maximum atomic E-state index is 6.61. The first-order valence-corrected chi connectivity index (χ1v) is 17.3. The molecule has 252 valence electrons. The van der Waals surface area contributed by atoms with Gasteiger partial charge in [-0.15, -0.1) is 23.6 Å². The minimum absolute atomic E-state index is 0. The summed E-state index contributed by atoms with van der Waals surface area (Å²) in [5.74, 6) is 3.22. The molecule has 0 saturated carbocycles. The Morgan fingerprint density at radius 2 is 1.59 bits per heavy atom. The Morgan fingerprint density at radius 1 is 0.837 bits per heavy atom. The second kappa shape index (κ2) is 14.7. The van der Waals surface area contributed by atoms with Crippen molar-refractivity contribution in [3.05, 3.63) is 120 Å². The quantitative estimate of drug-likeness (QED) is 0.129. The van der Waals surface area contributed by atoms with Gasteiger partial charge in [-0.3, -0.25) is 4.99 Å². The number of hydrogen-bond acceptors (Lipinski definition) is 4. The molecule has 0 unspecified atom stereocenters. The number of rotatable bonds is 10. The van der Waals surface area contributed by atoms with Gasteiger partial charge in [0.05, 0.1) is 12.6 Å². The molecule has 7 rings (SSSR count). The van der Waals surface area contributed by atoms with Crippen molar-refractivity contribution in [2.45, 2.75) is 71.8 Å². The van der Waals surface area contributed by atoms with Gasteiger partial charge in [0.1, 0.15) is 11.7 Å². The van der Waals surface area contributed by atoms with E-state index in [0.717, 1.165) is 70.0 Å². The fourth-order valence-corrected chi connectivity index (χ4v) is 6.86. The number of fused-ring (bicyclic) bond motifs is 3. The number of pyridine rings is 1. The summed E-state index contributed by atoms with van der Waals surface area (Å²) in [4.78, 5) is 9.92. The molecule has 5 nitrogen and oxygen atoms in total. The summed E-state index contributed by atoms with van der Waals surface area (Å²) >= 11 is 0. The average Bonchev–Trinajstić information content (AvgIpc) is 3.72. The van der Waals surface area contributed by atoms with Gasteiger partial charge in [0.2, 0.25) is 0 Å². The second-order valence-electron chi connectivity index (χ2n) is 13.9. The molecule has 0 radical (unpaired) electrons. The maximum absolute atomic E-state index is 6.61. The Labute approximate surface area is 304 Å². The van der Waals surface area contributed by atoms with Gasteiger partial charge in [-0.1, -0.05) is 125 Å². The molecule has 49 heavy (non-hydrogen) atoms. The summed E-state index contributed by atoms with van der Waals surface area (Å²) in [7, 11) is 0. The van der Waals surface area contributed by atoms with Crippen molar-refractivity contribution in [1.29, 1.82) is 0 Å². The van der Waals surface area contributed by atoms with E-state index >= 15 is 0 Å². The SMILES string of the molecule is CCCC(CCC)[C@@H]1COC(c2[c-]c(Oc3[c-]c4c(cc3)c3ccccc3n4-c3cc(C(C)(C)C)ccn3)cc(-c3ccccc3)c2)=N1.[Pt+2]. The minimum Gasteiger partial charge on any atom is -0.518 e. The smallest absolute Gasteiger partial charge is 0.518 e. The number of hydrogen-bond donors (Lipinski definition) is 0. The van der Waals surface area contributed by atoms with Gasteiger partial charge in [-0.05, 0) is 58.9 Å².